The molecule has 1 saturated heterocycles. The molecule has 170 valence electrons. The maximum absolute atomic E-state index is 13.4. The molecule has 9 nitrogen and oxygen atoms in total. The summed E-state index contributed by atoms with van der Waals surface area (Å²) in [4.78, 5) is 21.8. The Morgan fingerprint density at radius 1 is 1.28 bits per heavy atom. The van der Waals surface area contributed by atoms with E-state index >= 15 is 0 Å². The van der Waals surface area contributed by atoms with Gasteiger partial charge in [0, 0.05) is 40.4 Å². The van der Waals surface area contributed by atoms with Crippen LogP contribution in [0, 0.1) is 10.1 Å². The predicted octanol–water partition coefficient (Wildman–Crippen LogP) is 4.11. The van der Waals surface area contributed by atoms with Crippen molar-refractivity contribution in [2.75, 3.05) is 13.2 Å². The van der Waals surface area contributed by atoms with Gasteiger partial charge in [-0.3, -0.25) is 10.1 Å². The van der Waals surface area contributed by atoms with Gasteiger partial charge in [0.25, 0.3) is 5.69 Å². The Hall–Kier alpha value is -2.50. The van der Waals surface area contributed by atoms with Crippen LogP contribution in [-0.4, -0.2) is 42.9 Å². The fourth-order valence-corrected chi connectivity index (χ4v) is 5.07. The van der Waals surface area contributed by atoms with Crippen LogP contribution < -0.4 is 0 Å². The van der Waals surface area contributed by atoms with Crippen LogP contribution >= 0.6 is 23.2 Å². The molecule has 0 bridgehead atoms. The highest BCUT2D eigenvalue weighted by Gasteiger charge is 2.42. The van der Waals surface area contributed by atoms with Crippen LogP contribution in [0.2, 0.25) is 10.0 Å². The van der Waals surface area contributed by atoms with Gasteiger partial charge in [0.2, 0.25) is 10.0 Å². The van der Waals surface area contributed by atoms with Crippen molar-refractivity contribution in [2.45, 2.75) is 24.2 Å². The molecule has 0 aliphatic carbocycles. The van der Waals surface area contributed by atoms with E-state index in [2.05, 4.69) is 0 Å². The summed E-state index contributed by atoms with van der Waals surface area (Å²) in [5.41, 5.74) is 0.114. The third-order valence-electron chi connectivity index (χ3n) is 4.54. The lowest BCUT2D eigenvalue weighted by Gasteiger charge is -2.23. The van der Waals surface area contributed by atoms with Gasteiger partial charge in [-0.1, -0.05) is 29.3 Å². The molecule has 0 radical (unpaired) electrons. The van der Waals surface area contributed by atoms with Crippen LogP contribution in [0.5, 0.6) is 0 Å². The molecule has 1 unspecified atom stereocenters. The van der Waals surface area contributed by atoms with Crippen molar-refractivity contribution in [1.82, 2.24) is 4.31 Å². The van der Waals surface area contributed by atoms with Crippen molar-refractivity contribution < 1.29 is 27.6 Å². The normalized spacial score (nSPS) is 19.3. The molecular formula is C20H18Cl2N2O7S. The van der Waals surface area contributed by atoms with Crippen molar-refractivity contribution >= 4 is 44.9 Å². The number of esters is 1. The second-order valence-corrected chi connectivity index (χ2v) is 9.36. The second-order valence-electron chi connectivity index (χ2n) is 6.63. The molecule has 0 saturated carbocycles. The molecule has 2 aromatic rings. The fourth-order valence-electron chi connectivity index (χ4n) is 3.06. The van der Waals surface area contributed by atoms with Gasteiger partial charge in [0.15, 0.2) is 6.23 Å². The van der Waals surface area contributed by atoms with Crippen LogP contribution in [0.1, 0.15) is 18.7 Å². The zero-order valence-corrected chi connectivity index (χ0v) is 19.0. The van der Waals surface area contributed by atoms with E-state index in [1.54, 1.807) is 19.1 Å². The lowest BCUT2D eigenvalue weighted by molar-refractivity contribution is -0.384. The molecule has 1 aliphatic heterocycles. The largest absolute Gasteiger partial charge is 0.463 e. The minimum atomic E-state index is -4.14. The van der Waals surface area contributed by atoms with Crippen molar-refractivity contribution in [3.8, 4) is 0 Å². The average Bonchev–Trinajstić information content (AvgIpc) is 3.17. The van der Waals surface area contributed by atoms with Gasteiger partial charge >= 0.3 is 5.97 Å². The predicted molar refractivity (Wildman–Crippen MR) is 117 cm³/mol. The van der Waals surface area contributed by atoms with E-state index in [4.69, 9.17) is 32.7 Å². The van der Waals surface area contributed by atoms with Crippen LogP contribution in [0.25, 0.3) is 0 Å². The van der Waals surface area contributed by atoms with Gasteiger partial charge in [-0.25, -0.2) is 13.2 Å². The summed E-state index contributed by atoms with van der Waals surface area (Å²) in [5.74, 6) is -0.589. The van der Waals surface area contributed by atoms with Crippen LogP contribution in [0.15, 0.2) is 59.5 Å². The number of hydrogen-bond acceptors (Lipinski definition) is 7. The standard InChI is InChI=1S/C20H18Cl2N2O7S/c1-2-30-19(25)10-6-15-12-23(20(31-15)17-9-3-13(21)11-18(17)22)32(28,29)16-7-4-14(5-8-16)24(26)27/h3-11,15,20H,2,12H2,1H3/b10-6+/t15-,20?/m0/s1. The van der Waals surface area contributed by atoms with Gasteiger partial charge in [0.05, 0.1) is 22.5 Å². The summed E-state index contributed by atoms with van der Waals surface area (Å²) >= 11 is 12.2. The number of hydrogen-bond donors (Lipinski definition) is 0. The van der Waals surface area contributed by atoms with E-state index in [9.17, 15) is 23.3 Å². The molecule has 1 fully saturated rings. The Labute approximate surface area is 194 Å². The van der Waals surface area contributed by atoms with Crippen molar-refractivity contribution in [1.29, 1.82) is 0 Å². The number of halogens is 2. The van der Waals surface area contributed by atoms with Crippen LogP contribution in [-0.2, 0) is 24.3 Å². The summed E-state index contributed by atoms with van der Waals surface area (Å²) in [5, 5.41) is 11.4. The Bertz CT molecular complexity index is 1150. The van der Waals surface area contributed by atoms with Crippen molar-refractivity contribution in [3.63, 3.8) is 0 Å². The summed E-state index contributed by atoms with van der Waals surface area (Å²) in [6.45, 7) is 1.73. The lowest BCUT2D eigenvalue weighted by Crippen LogP contribution is -2.32. The van der Waals surface area contributed by atoms with Crippen molar-refractivity contribution in [3.05, 3.63) is 80.3 Å². The quantitative estimate of drug-likeness (QED) is 0.243. The third kappa shape index (κ3) is 5.28. The second kappa shape index (κ2) is 9.97. The average molecular weight is 501 g/mol. The highest BCUT2D eigenvalue weighted by atomic mass is 35.5. The minimum absolute atomic E-state index is 0.126. The van der Waals surface area contributed by atoms with E-state index in [-0.39, 0.29) is 28.8 Å². The first-order valence-corrected chi connectivity index (χ1v) is 11.5. The molecule has 1 aliphatic rings. The van der Waals surface area contributed by atoms with Crippen molar-refractivity contribution in [2.24, 2.45) is 0 Å². The first-order chi connectivity index (χ1) is 15.1. The van der Waals surface area contributed by atoms with Gasteiger partial charge in [-0.05, 0) is 37.3 Å². The number of non-ortho nitro benzene ring substituents is 1. The smallest absolute Gasteiger partial charge is 0.330 e. The fraction of sp³-hybridized carbons (Fsp3) is 0.250. The number of sulfonamides is 1. The van der Waals surface area contributed by atoms with Gasteiger partial charge in [-0.2, -0.15) is 4.31 Å². The van der Waals surface area contributed by atoms with Crippen LogP contribution in [0.4, 0.5) is 5.69 Å². The molecule has 0 spiro atoms. The summed E-state index contributed by atoms with van der Waals surface area (Å²) < 4.78 is 38.5. The number of carbonyl (C=O) groups is 1. The number of nitrogens with zero attached hydrogens (tertiary/aromatic N) is 2. The number of ether oxygens (including phenoxy) is 2. The number of carbonyl (C=O) groups excluding carboxylic acids is 1. The molecule has 3 rings (SSSR count). The zero-order valence-electron chi connectivity index (χ0n) is 16.7. The maximum atomic E-state index is 13.4. The van der Waals surface area contributed by atoms with E-state index in [1.165, 1.54) is 12.1 Å². The molecular weight excluding hydrogens is 483 g/mol. The molecule has 0 N–H and O–H groups in total. The molecule has 32 heavy (non-hydrogen) atoms. The minimum Gasteiger partial charge on any atom is -0.463 e. The Balaban J connectivity index is 1.98. The molecule has 0 amide bonds. The molecule has 2 aromatic carbocycles. The summed E-state index contributed by atoms with van der Waals surface area (Å²) in [6.07, 6.45) is 0.678. The van der Waals surface area contributed by atoms with E-state index in [1.807, 2.05) is 0 Å². The van der Waals surface area contributed by atoms with Gasteiger partial charge in [0.1, 0.15) is 0 Å². The van der Waals surface area contributed by atoms with Crippen LogP contribution in [0.3, 0.4) is 0 Å². The number of nitro benzene ring substituents is 1. The molecule has 0 aromatic heterocycles. The number of rotatable bonds is 7. The molecule has 2 atom stereocenters. The molecule has 1 heterocycles. The maximum Gasteiger partial charge on any atom is 0.330 e. The first-order valence-electron chi connectivity index (χ1n) is 9.35. The van der Waals surface area contributed by atoms with Gasteiger partial charge in [-0.15, -0.1) is 0 Å². The Morgan fingerprint density at radius 2 is 1.97 bits per heavy atom. The van der Waals surface area contributed by atoms with E-state index < -0.39 is 33.2 Å². The Morgan fingerprint density at radius 3 is 2.56 bits per heavy atom. The van der Waals surface area contributed by atoms with Gasteiger partial charge < -0.3 is 9.47 Å². The zero-order chi connectivity index (χ0) is 23.5. The summed E-state index contributed by atoms with van der Waals surface area (Å²) in [7, 11) is -4.14. The Kier molecular flexibility index (Phi) is 7.52. The SMILES string of the molecule is CCOC(=O)/C=C/[C@H]1CN(S(=O)(=O)c2ccc([N+](=O)[O-])cc2)C(c2ccc(Cl)cc2Cl)O1. The highest BCUT2D eigenvalue weighted by molar-refractivity contribution is 7.89. The molecule has 12 heteroatoms. The monoisotopic (exact) mass is 500 g/mol. The first kappa shape index (κ1) is 24.1. The number of nitro groups is 1. The van der Waals surface area contributed by atoms with E-state index in [0.717, 1.165) is 34.6 Å². The third-order valence-corrected chi connectivity index (χ3v) is 6.93. The topological polar surface area (TPSA) is 116 Å². The highest BCUT2D eigenvalue weighted by Crippen LogP contribution is 2.39. The number of benzene rings is 2. The summed E-state index contributed by atoms with van der Waals surface area (Å²) in [6, 6.07) is 9.06. The van der Waals surface area contributed by atoms with E-state index in [0.29, 0.717) is 10.6 Å². The lowest BCUT2D eigenvalue weighted by atomic mass is 10.2.